The second-order valence-corrected chi connectivity index (χ2v) is 3.05. The minimum absolute atomic E-state index is 0.000324. The molecule has 0 aliphatic rings. The largest absolute Gasteiger partial charge is 0.271 e. The first-order chi connectivity index (χ1) is 7.04. The molecule has 0 heterocycles. The molecule has 1 rings (SSSR count). The molecule has 3 N–H and O–H groups in total. The lowest BCUT2D eigenvalue weighted by atomic mass is 10.1. The smallest absolute Gasteiger partial charge is 0.255 e. The molecule has 0 saturated carbocycles. The molecule has 0 fully saturated rings. The van der Waals surface area contributed by atoms with Gasteiger partial charge >= 0.3 is 0 Å². The van der Waals surface area contributed by atoms with Crippen molar-refractivity contribution in [1.82, 2.24) is 5.43 Å². The molecule has 84 valence electrons. The number of alkyl halides is 2. The number of benzene rings is 1. The summed E-state index contributed by atoms with van der Waals surface area (Å²) in [7, 11) is 0. The first-order valence-electron chi connectivity index (χ1n) is 4.22. The van der Waals surface area contributed by atoms with Gasteiger partial charge in [-0.15, -0.1) is 0 Å². The van der Waals surface area contributed by atoms with Crippen LogP contribution in [0.3, 0.4) is 0 Å². The fraction of sp³-hybridized carbons (Fsp3) is 0.333. The van der Waals surface area contributed by atoms with Gasteiger partial charge < -0.3 is 0 Å². The molecule has 0 amide bonds. The second-order valence-electron chi connectivity index (χ2n) is 3.05. The van der Waals surface area contributed by atoms with Crippen molar-refractivity contribution in [2.45, 2.75) is 18.9 Å². The Morgan fingerprint density at radius 3 is 2.40 bits per heavy atom. The highest BCUT2D eigenvalue weighted by Gasteiger charge is 2.20. The van der Waals surface area contributed by atoms with E-state index in [2.05, 4.69) is 0 Å². The van der Waals surface area contributed by atoms with Gasteiger partial charge in [-0.3, -0.25) is 11.3 Å². The molecular weight excluding hydrogens is 212 g/mol. The van der Waals surface area contributed by atoms with Crippen LogP contribution >= 0.6 is 0 Å². The quantitative estimate of drug-likeness (QED) is 0.461. The fourth-order valence-corrected chi connectivity index (χ4v) is 1.14. The number of nitrogens with one attached hydrogen (secondary N) is 1. The predicted molar refractivity (Wildman–Crippen MR) is 47.2 cm³/mol. The Kier molecular flexibility index (Phi) is 4.05. The van der Waals surface area contributed by atoms with E-state index in [0.29, 0.717) is 6.07 Å². The van der Waals surface area contributed by atoms with Crippen LogP contribution in [0, 0.1) is 11.6 Å². The summed E-state index contributed by atoms with van der Waals surface area (Å²) < 4.78 is 50.1. The van der Waals surface area contributed by atoms with Gasteiger partial charge in [0.25, 0.3) is 6.43 Å². The number of hydrazine groups is 1. The zero-order valence-corrected chi connectivity index (χ0v) is 7.68. The fourth-order valence-electron chi connectivity index (χ4n) is 1.14. The molecule has 1 aromatic rings. The van der Waals surface area contributed by atoms with Crippen molar-refractivity contribution < 1.29 is 17.6 Å². The number of halogens is 4. The second kappa shape index (κ2) is 5.09. The van der Waals surface area contributed by atoms with E-state index in [-0.39, 0.29) is 12.0 Å². The summed E-state index contributed by atoms with van der Waals surface area (Å²) in [6, 6.07) is 1.44. The first-order valence-corrected chi connectivity index (χ1v) is 4.22. The Morgan fingerprint density at radius 1 is 1.27 bits per heavy atom. The minimum Gasteiger partial charge on any atom is -0.271 e. The molecule has 0 aliphatic carbocycles. The third-order valence-corrected chi connectivity index (χ3v) is 1.97. The van der Waals surface area contributed by atoms with Crippen molar-refractivity contribution in [3.05, 3.63) is 35.4 Å². The third kappa shape index (κ3) is 3.17. The lowest BCUT2D eigenvalue weighted by Crippen LogP contribution is -2.42. The van der Waals surface area contributed by atoms with Gasteiger partial charge in [-0.05, 0) is 18.1 Å². The highest BCUT2D eigenvalue weighted by Crippen LogP contribution is 2.14. The average molecular weight is 222 g/mol. The molecule has 0 spiro atoms. The Balaban J connectivity index is 2.79. The van der Waals surface area contributed by atoms with E-state index in [0.717, 1.165) is 12.1 Å². The normalized spacial score (nSPS) is 13.2. The number of hydrogen-bond donors (Lipinski definition) is 2. The van der Waals surface area contributed by atoms with Crippen molar-refractivity contribution in [3.8, 4) is 0 Å². The van der Waals surface area contributed by atoms with E-state index in [1.54, 1.807) is 0 Å². The molecule has 0 aromatic heterocycles. The molecule has 6 heteroatoms. The van der Waals surface area contributed by atoms with E-state index in [1.165, 1.54) is 0 Å². The van der Waals surface area contributed by atoms with Crippen molar-refractivity contribution in [2.24, 2.45) is 5.84 Å². The zero-order valence-electron chi connectivity index (χ0n) is 7.68. The topological polar surface area (TPSA) is 38.0 Å². The van der Waals surface area contributed by atoms with E-state index < -0.39 is 24.1 Å². The van der Waals surface area contributed by atoms with Gasteiger partial charge in [0, 0.05) is 6.07 Å². The first kappa shape index (κ1) is 11.9. The number of hydrogen-bond acceptors (Lipinski definition) is 2. The summed E-state index contributed by atoms with van der Waals surface area (Å²) in [6.07, 6.45) is -3.00. The van der Waals surface area contributed by atoms with Crippen molar-refractivity contribution >= 4 is 0 Å². The summed E-state index contributed by atoms with van der Waals surface area (Å²) in [6.45, 7) is 0. The molecular formula is C9H10F4N2. The highest BCUT2D eigenvalue weighted by atomic mass is 19.3. The van der Waals surface area contributed by atoms with Crippen LogP contribution in [0.5, 0.6) is 0 Å². The van der Waals surface area contributed by atoms with E-state index in [1.807, 2.05) is 5.43 Å². The molecule has 0 bridgehead atoms. The highest BCUT2D eigenvalue weighted by molar-refractivity contribution is 5.19. The van der Waals surface area contributed by atoms with Crippen LogP contribution in [0.4, 0.5) is 17.6 Å². The van der Waals surface area contributed by atoms with Crippen molar-refractivity contribution in [3.63, 3.8) is 0 Å². The van der Waals surface area contributed by atoms with Crippen LogP contribution < -0.4 is 11.3 Å². The third-order valence-electron chi connectivity index (χ3n) is 1.97. The Labute approximate surface area is 84.0 Å². The Bertz CT molecular complexity index is 330. The lowest BCUT2D eigenvalue weighted by Gasteiger charge is -2.14. The van der Waals surface area contributed by atoms with Gasteiger partial charge in [0.2, 0.25) is 0 Å². The van der Waals surface area contributed by atoms with Crippen LogP contribution in [0.25, 0.3) is 0 Å². The van der Waals surface area contributed by atoms with Crippen LogP contribution in [0.2, 0.25) is 0 Å². The van der Waals surface area contributed by atoms with Crippen LogP contribution in [0.1, 0.15) is 5.56 Å². The van der Waals surface area contributed by atoms with Gasteiger partial charge in [0.1, 0.15) is 11.6 Å². The monoisotopic (exact) mass is 222 g/mol. The molecule has 0 aliphatic heterocycles. The summed E-state index contributed by atoms with van der Waals surface area (Å²) in [5.41, 5.74) is 1.88. The summed E-state index contributed by atoms with van der Waals surface area (Å²) in [5.74, 6) is 3.28. The maximum Gasteiger partial charge on any atom is 0.255 e. The summed E-state index contributed by atoms with van der Waals surface area (Å²) in [4.78, 5) is 0. The molecule has 15 heavy (non-hydrogen) atoms. The van der Waals surface area contributed by atoms with Gasteiger partial charge in [0.15, 0.2) is 0 Å². The predicted octanol–water partition coefficient (Wildman–Crippen LogP) is 1.60. The maximum absolute atomic E-state index is 13.1. The summed E-state index contributed by atoms with van der Waals surface area (Å²) in [5, 5.41) is 0. The standard InChI is InChI=1S/C9H10F4N2/c10-6-2-1-5(7(11)4-6)3-8(15-14)9(12)13/h1-2,4,8-9,15H,3,14H2. The Morgan fingerprint density at radius 2 is 1.93 bits per heavy atom. The van der Waals surface area contributed by atoms with Crippen molar-refractivity contribution in [1.29, 1.82) is 0 Å². The Hall–Kier alpha value is -1.14. The molecule has 0 saturated heterocycles. The molecule has 1 unspecified atom stereocenters. The molecule has 0 radical (unpaired) electrons. The molecule has 1 aromatic carbocycles. The van der Waals surface area contributed by atoms with E-state index in [9.17, 15) is 17.6 Å². The summed E-state index contributed by atoms with van der Waals surface area (Å²) >= 11 is 0. The molecule has 1 atom stereocenters. The van der Waals surface area contributed by atoms with Gasteiger partial charge in [-0.2, -0.15) is 0 Å². The number of rotatable bonds is 4. The maximum atomic E-state index is 13.1. The van der Waals surface area contributed by atoms with Crippen LogP contribution in [0.15, 0.2) is 18.2 Å². The van der Waals surface area contributed by atoms with Gasteiger partial charge in [-0.1, -0.05) is 6.07 Å². The van der Waals surface area contributed by atoms with Crippen LogP contribution in [-0.2, 0) is 6.42 Å². The minimum atomic E-state index is -2.71. The van der Waals surface area contributed by atoms with Gasteiger partial charge in [-0.25, -0.2) is 17.6 Å². The van der Waals surface area contributed by atoms with E-state index in [4.69, 9.17) is 5.84 Å². The van der Waals surface area contributed by atoms with Crippen LogP contribution in [-0.4, -0.2) is 12.5 Å². The SMILES string of the molecule is NNC(Cc1ccc(F)cc1F)C(F)F. The van der Waals surface area contributed by atoms with E-state index >= 15 is 0 Å². The van der Waals surface area contributed by atoms with Gasteiger partial charge in [0.05, 0.1) is 6.04 Å². The molecule has 2 nitrogen and oxygen atoms in total. The number of nitrogens with two attached hydrogens (primary N) is 1. The zero-order chi connectivity index (χ0) is 11.4. The lowest BCUT2D eigenvalue weighted by molar-refractivity contribution is 0.0980. The van der Waals surface area contributed by atoms with Crippen molar-refractivity contribution in [2.75, 3.05) is 0 Å². The average Bonchev–Trinajstić information content (AvgIpc) is 2.16.